The fraction of sp³-hybridized carbons (Fsp3) is 0.545. The summed E-state index contributed by atoms with van der Waals surface area (Å²) in [4.78, 5) is 10.8. The van der Waals surface area contributed by atoms with E-state index in [-0.39, 0.29) is 15.2 Å². The normalized spacial score (nSPS) is 12.9. The van der Waals surface area contributed by atoms with Crippen molar-refractivity contribution in [3.05, 3.63) is 16.3 Å². The van der Waals surface area contributed by atoms with Gasteiger partial charge in [0.25, 0.3) is 0 Å². The summed E-state index contributed by atoms with van der Waals surface area (Å²) in [5, 5.41) is 10.2. The monoisotopic (exact) mass is 291 g/mol. The number of carboxylic acids is 1. The van der Waals surface area contributed by atoms with Crippen LogP contribution in [0.5, 0.6) is 0 Å². The molecule has 0 aliphatic carbocycles. The molecule has 0 fully saturated rings. The first-order valence-corrected chi connectivity index (χ1v) is 7.64. The van der Waals surface area contributed by atoms with Crippen molar-refractivity contribution in [2.75, 3.05) is 13.6 Å². The SMILES string of the molecule is CN(CC(C)(C)C)S(=O)(=O)c1csc(C(=O)O)c1. The Kier molecular flexibility index (Phi) is 4.19. The molecule has 0 unspecified atom stereocenters. The molecule has 0 aromatic carbocycles. The molecule has 1 rings (SSSR count). The second-order valence-corrected chi connectivity index (χ2v) is 8.23. The molecule has 0 bridgehead atoms. The molecule has 0 saturated heterocycles. The van der Waals surface area contributed by atoms with E-state index in [0.29, 0.717) is 6.54 Å². The number of aromatic carboxylic acids is 1. The second kappa shape index (κ2) is 4.99. The van der Waals surface area contributed by atoms with E-state index in [1.807, 2.05) is 20.8 Å². The number of hydrogen-bond donors (Lipinski definition) is 1. The minimum Gasteiger partial charge on any atom is -0.477 e. The third kappa shape index (κ3) is 3.54. The molecular formula is C11H17NO4S2. The fourth-order valence-corrected chi connectivity index (χ4v) is 4.00. The zero-order valence-corrected chi connectivity index (χ0v) is 12.4. The second-order valence-electron chi connectivity index (χ2n) is 5.27. The van der Waals surface area contributed by atoms with Gasteiger partial charge in [-0.3, -0.25) is 0 Å². The van der Waals surface area contributed by atoms with Gasteiger partial charge in [0, 0.05) is 19.0 Å². The Bertz CT molecular complexity index is 540. The van der Waals surface area contributed by atoms with E-state index in [1.165, 1.54) is 22.8 Å². The van der Waals surface area contributed by atoms with Crippen LogP contribution >= 0.6 is 11.3 Å². The van der Waals surface area contributed by atoms with Crippen LogP contribution in [-0.2, 0) is 10.0 Å². The molecule has 1 aromatic rings. The summed E-state index contributed by atoms with van der Waals surface area (Å²) < 4.78 is 25.6. The summed E-state index contributed by atoms with van der Waals surface area (Å²) in [5.41, 5.74) is -0.159. The molecular weight excluding hydrogens is 274 g/mol. The number of carboxylic acid groups (broad SMARTS) is 1. The van der Waals surface area contributed by atoms with Gasteiger partial charge in [-0.25, -0.2) is 17.5 Å². The zero-order chi connectivity index (χ0) is 14.1. The molecule has 0 amide bonds. The van der Waals surface area contributed by atoms with Crippen LogP contribution in [0.25, 0.3) is 0 Å². The topological polar surface area (TPSA) is 74.7 Å². The van der Waals surface area contributed by atoms with Crippen molar-refractivity contribution >= 4 is 27.3 Å². The molecule has 18 heavy (non-hydrogen) atoms. The summed E-state index contributed by atoms with van der Waals surface area (Å²) in [5.74, 6) is -1.11. The fourth-order valence-electron chi connectivity index (χ4n) is 1.50. The van der Waals surface area contributed by atoms with Crippen molar-refractivity contribution in [2.24, 2.45) is 5.41 Å². The minimum absolute atomic E-state index is 0.0257. The van der Waals surface area contributed by atoms with Crippen LogP contribution in [0.3, 0.4) is 0 Å². The van der Waals surface area contributed by atoms with E-state index in [1.54, 1.807) is 0 Å². The van der Waals surface area contributed by atoms with Crippen LogP contribution in [-0.4, -0.2) is 37.4 Å². The van der Waals surface area contributed by atoms with Gasteiger partial charge >= 0.3 is 5.97 Å². The lowest BCUT2D eigenvalue weighted by molar-refractivity contribution is 0.0702. The first-order valence-electron chi connectivity index (χ1n) is 5.32. The minimum atomic E-state index is -3.60. The molecule has 1 N–H and O–H groups in total. The van der Waals surface area contributed by atoms with Crippen LogP contribution in [0.2, 0.25) is 0 Å². The molecule has 0 atom stereocenters. The molecule has 0 radical (unpaired) electrons. The molecule has 0 saturated carbocycles. The highest BCUT2D eigenvalue weighted by molar-refractivity contribution is 7.89. The number of thiophene rings is 1. The Morgan fingerprint density at radius 3 is 2.39 bits per heavy atom. The third-order valence-corrected chi connectivity index (χ3v) is 5.04. The largest absolute Gasteiger partial charge is 0.477 e. The van der Waals surface area contributed by atoms with Crippen molar-refractivity contribution in [1.29, 1.82) is 0 Å². The summed E-state index contributed by atoms with van der Waals surface area (Å²) in [6.45, 7) is 6.19. The Morgan fingerprint density at radius 1 is 1.44 bits per heavy atom. The van der Waals surface area contributed by atoms with Gasteiger partial charge in [-0.15, -0.1) is 11.3 Å². The van der Waals surface area contributed by atoms with Crippen LogP contribution in [0.15, 0.2) is 16.3 Å². The van der Waals surface area contributed by atoms with Gasteiger partial charge < -0.3 is 5.11 Å². The van der Waals surface area contributed by atoms with E-state index in [0.717, 1.165) is 11.3 Å². The van der Waals surface area contributed by atoms with Gasteiger partial charge in [-0.2, -0.15) is 0 Å². The lowest BCUT2D eigenvalue weighted by atomic mass is 9.97. The van der Waals surface area contributed by atoms with Gasteiger partial charge in [0.1, 0.15) is 4.88 Å². The van der Waals surface area contributed by atoms with Gasteiger partial charge in [-0.1, -0.05) is 20.8 Å². The number of nitrogens with zero attached hydrogens (tertiary/aromatic N) is 1. The molecule has 0 aliphatic rings. The van der Waals surface area contributed by atoms with Crippen LogP contribution in [0.1, 0.15) is 30.4 Å². The lowest BCUT2D eigenvalue weighted by Gasteiger charge is -2.25. The lowest BCUT2D eigenvalue weighted by Crippen LogP contribution is -2.34. The van der Waals surface area contributed by atoms with Crippen molar-refractivity contribution in [1.82, 2.24) is 4.31 Å². The predicted octanol–water partition coefficient (Wildman–Crippen LogP) is 2.11. The van der Waals surface area contributed by atoms with Gasteiger partial charge in [0.2, 0.25) is 10.0 Å². The van der Waals surface area contributed by atoms with E-state index >= 15 is 0 Å². The first kappa shape index (κ1) is 15.1. The molecule has 102 valence electrons. The van der Waals surface area contributed by atoms with Crippen LogP contribution in [0.4, 0.5) is 0 Å². The first-order chi connectivity index (χ1) is 8.04. The maximum atomic E-state index is 12.2. The highest BCUT2D eigenvalue weighted by Crippen LogP contribution is 2.24. The smallest absolute Gasteiger partial charge is 0.345 e. The molecule has 1 heterocycles. The van der Waals surface area contributed by atoms with Gasteiger partial charge in [0.05, 0.1) is 4.90 Å². The van der Waals surface area contributed by atoms with E-state index in [4.69, 9.17) is 5.11 Å². The Morgan fingerprint density at radius 2 is 2.00 bits per heavy atom. The average Bonchev–Trinajstić information content (AvgIpc) is 2.63. The standard InChI is InChI=1S/C11H17NO4S2/c1-11(2,3)7-12(4)18(15,16)8-5-9(10(13)14)17-6-8/h5-6H,7H2,1-4H3,(H,13,14). The number of sulfonamides is 1. The van der Waals surface area contributed by atoms with Crippen LogP contribution in [0, 0.1) is 5.41 Å². The summed E-state index contributed by atoms with van der Waals surface area (Å²) >= 11 is 0.915. The Balaban J connectivity index is 3.02. The van der Waals surface area contributed by atoms with Gasteiger partial charge in [-0.05, 0) is 11.5 Å². The quantitative estimate of drug-likeness (QED) is 0.922. The maximum absolute atomic E-state index is 12.2. The van der Waals surface area contributed by atoms with Crippen molar-refractivity contribution in [3.63, 3.8) is 0 Å². The van der Waals surface area contributed by atoms with E-state index in [2.05, 4.69) is 0 Å². The summed E-state index contributed by atoms with van der Waals surface area (Å²) in [7, 11) is -2.11. The molecule has 1 aromatic heterocycles. The zero-order valence-electron chi connectivity index (χ0n) is 10.8. The Labute approximate surface area is 111 Å². The predicted molar refractivity (Wildman–Crippen MR) is 70.5 cm³/mol. The third-order valence-electron chi connectivity index (χ3n) is 2.19. The van der Waals surface area contributed by atoms with Gasteiger partial charge in [0.15, 0.2) is 0 Å². The molecule has 7 heteroatoms. The van der Waals surface area contributed by atoms with E-state index in [9.17, 15) is 13.2 Å². The highest BCUT2D eigenvalue weighted by atomic mass is 32.2. The Hall–Kier alpha value is -0.920. The van der Waals surface area contributed by atoms with E-state index < -0.39 is 16.0 Å². The molecule has 0 spiro atoms. The van der Waals surface area contributed by atoms with Crippen LogP contribution < -0.4 is 0 Å². The average molecular weight is 291 g/mol. The maximum Gasteiger partial charge on any atom is 0.345 e. The highest BCUT2D eigenvalue weighted by Gasteiger charge is 2.26. The van der Waals surface area contributed by atoms with Crippen molar-refractivity contribution < 1.29 is 18.3 Å². The number of carbonyl (C=O) groups is 1. The summed E-state index contributed by atoms with van der Waals surface area (Å²) in [6.07, 6.45) is 0. The van der Waals surface area contributed by atoms with Crippen molar-refractivity contribution in [2.45, 2.75) is 25.7 Å². The molecule has 5 nitrogen and oxygen atoms in total. The summed E-state index contributed by atoms with van der Waals surface area (Å²) in [6, 6.07) is 1.20. The molecule has 0 aliphatic heterocycles. The number of hydrogen-bond acceptors (Lipinski definition) is 4. The van der Waals surface area contributed by atoms with Crippen molar-refractivity contribution in [3.8, 4) is 0 Å². The number of rotatable bonds is 4.